The number of hydrogen-bond donors (Lipinski definition) is 1. The number of piperidine rings is 1. The summed E-state index contributed by atoms with van der Waals surface area (Å²) in [4.78, 5) is 29.5. The van der Waals surface area contributed by atoms with Crippen LogP contribution in [0, 0.1) is 11.8 Å². The number of nitrogens with one attached hydrogen (secondary N) is 1. The minimum absolute atomic E-state index is 0.0514. The van der Waals surface area contributed by atoms with Gasteiger partial charge in [0.2, 0.25) is 11.8 Å². The minimum Gasteiger partial charge on any atom is -0.380 e. The van der Waals surface area contributed by atoms with Crippen LogP contribution in [0.1, 0.15) is 25.7 Å². The molecule has 7 unspecified atom stereocenters. The zero-order valence-electron chi connectivity index (χ0n) is 17.1. The third-order valence-electron chi connectivity index (χ3n) is 6.92. The van der Waals surface area contributed by atoms with Crippen molar-refractivity contribution in [1.82, 2.24) is 15.1 Å². The van der Waals surface area contributed by atoms with E-state index in [0.717, 1.165) is 0 Å². The molecule has 2 amide bonds. The molecule has 0 aromatic heterocycles. The van der Waals surface area contributed by atoms with Crippen molar-refractivity contribution in [3.63, 3.8) is 0 Å². The van der Waals surface area contributed by atoms with E-state index >= 15 is 0 Å². The summed E-state index contributed by atoms with van der Waals surface area (Å²) in [5, 5.41) is 2.48. The van der Waals surface area contributed by atoms with Gasteiger partial charge >= 0.3 is 0 Å². The Kier molecular flexibility index (Phi) is 6.82. The highest BCUT2D eigenvalue weighted by atomic mass is 35.5. The van der Waals surface area contributed by atoms with Gasteiger partial charge in [-0.2, -0.15) is 0 Å². The highest BCUT2D eigenvalue weighted by molar-refractivity contribution is 6.21. The zero-order valence-corrected chi connectivity index (χ0v) is 17.9. The molecule has 0 bridgehead atoms. The van der Waals surface area contributed by atoms with Crippen molar-refractivity contribution >= 4 is 23.4 Å². The van der Waals surface area contributed by atoms with Gasteiger partial charge in [0.15, 0.2) is 0 Å². The van der Waals surface area contributed by atoms with Crippen LogP contribution in [0.15, 0.2) is 0 Å². The Morgan fingerprint density at radius 2 is 1.97 bits per heavy atom. The van der Waals surface area contributed by atoms with Crippen LogP contribution < -0.4 is 5.32 Å². The average molecular weight is 450 g/mol. The number of nitrogens with zero attached hydrogens (tertiary/aromatic N) is 2. The molecule has 7 nitrogen and oxygen atoms in total. The number of hydrogen-bond acceptors (Lipinski definition) is 5. The lowest BCUT2D eigenvalue weighted by Crippen LogP contribution is -2.71. The number of rotatable bonds is 5. The molecular weight excluding hydrogens is 420 g/mol. The maximum Gasteiger partial charge on any atom is 0.247 e. The molecule has 3 heterocycles. The lowest BCUT2D eigenvalue weighted by atomic mass is 9.85. The van der Waals surface area contributed by atoms with E-state index in [-0.39, 0.29) is 42.7 Å². The molecule has 4 rings (SSSR count). The normalized spacial score (nSPS) is 41.1. The molecule has 1 aliphatic carbocycles. The second kappa shape index (κ2) is 9.22. The molecule has 170 valence electrons. The summed E-state index contributed by atoms with van der Waals surface area (Å²) in [6.07, 6.45) is -1.78. The monoisotopic (exact) mass is 449 g/mol. The molecule has 0 spiro atoms. The van der Waals surface area contributed by atoms with E-state index in [1.807, 2.05) is 0 Å². The van der Waals surface area contributed by atoms with Crippen LogP contribution in [0.4, 0.5) is 8.78 Å². The molecule has 3 saturated heterocycles. The Hall–Kier alpha value is -1.03. The van der Waals surface area contributed by atoms with E-state index in [1.165, 1.54) is 12.0 Å². The number of carbonyl (C=O) groups excluding carboxylic acids is 2. The summed E-state index contributed by atoms with van der Waals surface area (Å²) >= 11 is 6.11. The Morgan fingerprint density at radius 1 is 1.20 bits per heavy atom. The number of amides is 2. The summed E-state index contributed by atoms with van der Waals surface area (Å²) in [6.45, 7) is 1.42. The quantitative estimate of drug-likeness (QED) is 0.636. The molecule has 0 radical (unpaired) electrons. The zero-order chi connectivity index (χ0) is 21.4. The van der Waals surface area contributed by atoms with Gasteiger partial charge in [-0.25, -0.2) is 8.78 Å². The fourth-order valence-electron chi connectivity index (χ4n) is 5.05. The van der Waals surface area contributed by atoms with Crippen LogP contribution in [0.3, 0.4) is 0 Å². The second-order valence-electron chi connectivity index (χ2n) is 8.93. The van der Waals surface area contributed by atoms with Crippen molar-refractivity contribution in [2.24, 2.45) is 11.8 Å². The summed E-state index contributed by atoms with van der Waals surface area (Å²) in [5.41, 5.74) is 0. The Labute approximate surface area is 180 Å². The Morgan fingerprint density at radius 3 is 2.57 bits per heavy atom. The Balaban J connectivity index is 1.48. The molecule has 1 N–H and O–H groups in total. The van der Waals surface area contributed by atoms with E-state index in [0.29, 0.717) is 45.6 Å². The van der Waals surface area contributed by atoms with E-state index in [4.69, 9.17) is 21.1 Å². The number of carbonyl (C=O) groups is 2. The molecule has 3 aliphatic heterocycles. The highest BCUT2D eigenvalue weighted by Crippen LogP contribution is 2.34. The average Bonchev–Trinajstić information content (AvgIpc) is 2.68. The van der Waals surface area contributed by atoms with Gasteiger partial charge in [-0.15, -0.1) is 11.6 Å². The highest BCUT2D eigenvalue weighted by Gasteiger charge is 2.50. The van der Waals surface area contributed by atoms with Gasteiger partial charge in [0.05, 0.1) is 24.7 Å². The predicted octanol–water partition coefficient (Wildman–Crippen LogP) is 1.09. The third-order valence-corrected chi connectivity index (χ3v) is 7.37. The summed E-state index contributed by atoms with van der Waals surface area (Å²) < 4.78 is 39.0. The van der Waals surface area contributed by atoms with Crippen molar-refractivity contribution in [3.8, 4) is 0 Å². The van der Waals surface area contributed by atoms with Crippen molar-refractivity contribution in [1.29, 1.82) is 0 Å². The lowest BCUT2D eigenvalue weighted by Gasteiger charge is -2.50. The van der Waals surface area contributed by atoms with Crippen LogP contribution in [0.2, 0.25) is 0 Å². The van der Waals surface area contributed by atoms with Crippen LogP contribution in [-0.4, -0.2) is 97.6 Å². The summed E-state index contributed by atoms with van der Waals surface area (Å²) in [6, 6.07) is -0.675. The molecule has 0 aromatic carbocycles. The van der Waals surface area contributed by atoms with Gasteiger partial charge in [0.1, 0.15) is 31.1 Å². The van der Waals surface area contributed by atoms with E-state index in [1.54, 1.807) is 4.90 Å². The van der Waals surface area contributed by atoms with Crippen LogP contribution in [0.25, 0.3) is 0 Å². The summed E-state index contributed by atoms with van der Waals surface area (Å²) in [7, 11) is 1.53. The van der Waals surface area contributed by atoms with Crippen molar-refractivity contribution in [2.45, 2.75) is 61.7 Å². The SMILES string of the molecule is COC1CNC(N2CC(=O)N(CC3CCC(F)C(Cl)C3)C(C3COC3)C2=O)C(F)C1. The molecule has 30 heavy (non-hydrogen) atoms. The summed E-state index contributed by atoms with van der Waals surface area (Å²) in [5.74, 6) is -0.513. The first-order valence-corrected chi connectivity index (χ1v) is 11.2. The van der Waals surface area contributed by atoms with Gasteiger partial charge in [0, 0.05) is 32.5 Å². The maximum atomic E-state index is 14.8. The number of ether oxygens (including phenoxy) is 2. The van der Waals surface area contributed by atoms with E-state index < -0.39 is 29.9 Å². The van der Waals surface area contributed by atoms with Crippen molar-refractivity contribution in [3.05, 3.63) is 0 Å². The maximum absolute atomic E-state index is 14.8. The fourth-order valence-corrected chi connectivity index (χ4v) is 5.43. The molecule has 7 atom stereocenters. The number of piperazine rings is 1. The molecular formula is C20H30ClF2N3O4. The molecule has 4 aliphatic rings. The Bertz CT molecular complexity index is 656. The van der Waals surface area contributed by atoms with Crippen molar-refractivity contribution in [2.75, 3.05) is 40.0 Å². The van der Waals surface area contributed by atoms with Crippen molar-refractivity contribution < 1.29 is 27.8 Å². The first kappa shape index (κ1) is 22.2. The fraction of sp³-hybridized carbons (Fsp3) is 0.900. The number of halogens is 3. The van der Waals surface area contributed by atoms with Gasteiger partial charge in [0.25, 0.3) is 0 Å². The molecule has 4 fully saturated rings. The van der Waals surface area contributed by atoms with Gasteiger partial charge in [-0.3, -0.25) is 14.9 Å². The topological polar surface area (TPSA) is 71.1 Å². The second-order valence-corrected chi connectivity index (χ2v) is 9.49. The van der Waals surface area contributed by atoms with Gasteiger partial charge in [-0.1, -0.05) is 0 Å². The molecule has 0 aromatic rings. The predicted molar refractivity (Wildman–Crippen MR) is 106 cm³/mol. The largest absolute Gasteiger partial charge is 0.380 e. The van der Waals surface area contributed by atoms with E-state index in [9.17, 15) is 18.4 Å². The molecule has 10 heteroatoms. The smallest absolute Gasteiger partial charge is 0.247 e. The first-order valence-electron chi connectivity index (χ1n) is 10.7. The standard InChI is InChI=1S/C20H30ClF2N3O4/c1-29-13-5-16(23)19(24-6-13)26-8-17(27)25(18(20(26)28)12-9-30-10-12)7-11-2-3-15(22)14(21)4-11/h11-16,18-19,24H,2-10H2,1H3. The lowest BCUT2D eigenvalue weighted by molar-refractivity contribution is -0.174. The molecule has 1 saturated carbocycles. The third kappa shape index (κ3) is 4.31. The number of alkyl halides is 3. The van der Waals surface area contributed by atoms with Gasteiger partial charge in [-0.05, 0) is 25.2 Å². The number of methoxy groups -OCH3 is 1. The van der Waals surface area contributed by atoms with E-state index in [2.05, 4.69) is 5.32 Å². The van der Waals surface area contributed by atoms with Gasteiger partial charge < -0.3 is 19.3 Å². The van der Waals surface area contributed by atoms with Crippen LogP contribution in [-0.2, 0) is 19.1 Å². The first-order chi connectivity index (χ1) is 14.4. The van der Waals surface area contributed by atoms with Crippen LogP contribution in [0.5, 0.6) is 0 Å². The van der Waals surface area contributed by atoms with Crippen LogP contribution >= 0.6 is 11.6 Å². The minimum atomic E-state index is -1.32.